The largest absolute Gasteiger partial charge is 0.495 e. The first-order chi connectivity index (χ1) is 8.61. The summed E-state index contributed by atoms with van der Waals surface area (Å²) in [5.74, 6) is 1.53. The van der Waals surface area contributed by atoms with Gasteiger partial charge in [0.25, 0.3) is 0 Å². The van der Waals surface area contributed by atoms with Crippen molar-refractivity contribution in [1.29, 1.82) is 0 Å². The molecule has 0 aliphatic carbocycles. The van der Waals surface area contributed by atoms with E-state index >= 15 is 0 Å². The molecule has 0 unspecified atom stereocenters. The lowest BCUT2D eigenvalue weighted by atomic mass is 10.3. The number of hydrogen-bond acceptors (Lipinski definition) is 4. The molecule has 1 aliphatic heterocycles. The van der Waals surface area contributed by atoms with Crippen LogP contribution in [0.5, 0.6) is 5.75 Å². The highest BCUT2D eigenvalue weighted by molar-refractivity contribution is 9.10. The van der Waals surface area contributed by atoms with Crippen molar-refractivity contribution in [3.05, 3.63) is 16.7 Å². The van der Waals surface area contributed by atoms with Crippen LogP contribution in [0.1, 0.15) is 0 Å². The molecule has 98 valence electrons. The number of rotatable bonds is 2. The third-order valence-corrected chi connectivity index (χ3v) is 3.50. The summed E-state index contributed by atoms with van der Waals surface area (Å²) in [7, 11) is 1.60. The first-order valence-corrected chi connectivity index (χ1v) is 6.33. The van der Waals surface area contributed by atoms with Gasteiger partial charge in [-0.3, -0.25) is 0 Å². The van der Waals surface area contributed by atoms with E-state index in [9.17, 15) is 4.79 Å². The topological polar surface area (TPSA) is 65.9 Å². The van der Waals surface area contributed by atoms with Gasteiger partial charge in [-0.15, -0.1) is 0 Å². The zero-order chi connectivity index (χ0) is 13.1. The lowest BCUT2D eigenvalue weighted by Crippen LogP contribution is -2.48. The average molecular weight is 316 g/mol. The molecule has 0 aromatic carbocycles. The monoisotopic (exact) mass is 315 g/mol. The normalized spacial score (nSPS) is 15.7. The highest BCUT2D eigenvalue weighted by Gasteiger charge is 2.21. The number of halogens is 1. The summed E-state index contributed by atoms with van der Waals surface area (Å²) in [6, 6.07) is 1.85. The third-order valence-electron chi connectivity index (χ3n) is 2.90. The third kappa shape index (κ3) is 2.66. The van der Waals surface area contributed by atoms with Crippen molar-refractivity contribution in [3.8, 4) is 5.75 Å². The second-order valence-electron chi connectivity index (χ2n) is 3.93. The van der Waals surface area contributed by atoms with Crippen molar-refractivity contribution in [2.45, 2.75) is 0 Å². The van der Waals surface area contributed by atoms with Gasteiger partial charge < -0.3 is 19.6 Å². The molecule has 0 saturated carbocycles. The molecule has 1 saturated heterocycles. The zero-order valence-electron chi connectivity index (χ0n) is 9.97. The van der Waals surface area contributed by atoms with Crippen LogP contribution >= 0.6 is 15.9 Å². The van der Waals surface area contributed by atoms with Crippen LogP contribution in [0, 0.1) is 0 Å². The molecule has 1 amide bonds. The van der Waals surface area contributed by atoms with Crippen molar-refractivity contribution < 1.29 is 14.6 Å². The van der Waals surface area contributed by atoms with Gasteiger partial charge in [-0.2, -0.15) is 0 Å². The number of amides is 1. The van der Waals surface area contributed by atoms with Gasteiger partial charge in [0.05, 0.1) is 11.6 Å². The standard InChI is InChI=1S/C11H14BrN3O3/c1-18-9-6-10(13-7-8(9)12)14-2-4-15(5-3-14)11(16)17/h6-7H,2-5H2,1H3,(H,16,17). The minimum Gasteiger partial charge on any atom is -0.495 e. The number of aromatic nitrogens is 1. The van der Waals surface area contributed by atoms with Crippen molar-refractivity contribution in [2.24, 2.45) is 0 Å². The Morgan fingerprint density at radius 1 is 1.44 bits per heavy atom. The van der Waals surface area contributed by atoms with E-state index in [4.69, 9.17) is 9.84 Å². The first-order valence-electron chi connectivity index (χ1n) is 5.54. The second-order valence-corrected chi connectivity index (χ2v) is 4.79. The van der Waals surface area contributed by atoms with Gasteiger partial charge in [0.15, 0.2) is 0 Å². The van der Waals surface area contributed by atoms with Crippen LogP contribution in [0.25, 0.3) is 0 Å². The SMILES string of the molecule is COc1cc(N2CCN(C(=O)O)CC2)ncc1Br. The molecule has 0 spiro atoms. The van der Waals surface area contributed by atoms with E-state index in [0.29, 0.717) is 26.2 Å². The average Bonchev–Trinajstić information content (AvgIpc) is 2.39. The maximum absolute atomic E-state index is 10.8. The quantitative estimate of drug-likeness (QED) is 0.899. The number of nitrogens with zero attached hydrogens (tertiary/aromatic N) is 3. The molecule has 2 rings (SSSR count). The highest BCUT2D eigenvalue weighted by Crippen LogP contribution is 2.27. The molecule has 1 aliphatic rings. The van der Waals surface area contributed by atoms with E-state index in [1.54, 1.807) is 13.3 Å². The predicted octanol–water partition coefficient (Wildman–Crippen LogP) is 1.65. The van der Waals surface area contributed by atoms with Crippen molar-refractivity contribution >= 4 is 27.8 Å². The molecule has 1 aromatic rings. The highest BCUT2D eigenvalue weighted by atomic mass is 79.9. The number of methoxy groups -OCH3 is 1. The van der Waals surface area contributed by atoms with Gasteiger partial charge in [-0.05, 0) is 15.9 Å². The Morgan fingerprint density at radius 3 is 2.67 bits per heavy atom. The number of pyridine rings is 1. The van der Waals surface area contributed by atoms with Crippen molar-refractivity contribution in [3.63, 3.8) is 0 Å². The molecule has 6 nitrogen and oxygen atoms in total. The van der Waals surface area contributed by atoms with Gasteiger partial charge in [-0.1, -0.05) is 0 Å². The van der Waals surface area contributed by atoms with Gasteiger partial charge in [0.1, 0.15) is 11.6 Å². The molecule has 1 fully saturated rings. The zero-order valence-corrected chi connectivity index (χ0v) is 11.6. The maximum atomic E-state index is 10.8. The fraction of sp³-hybridized carbons (Fsp3) is 0.455. The van der Waals surface area contributed by atoms with Gasteiger partial charge in [0, 0.05) is 38.4 Å². The van der Waals surface area contributed by atoms with E-state index in [2.05, 4.69) is 25.8 Å². The molecule has 1 N–H and O–H groups in total. The van der Waals surface area contributed by atoms with Gasteiger partial charge in [-0.25, -0.2) is 9.78 Å². The number of carboxylic acid groups (broad SMARTS) is 1. The summed E-state index contributed by atoms with van der Waals surface area (Å²) in [5.41, 5.74) is 0. The maximum Gasteiger partial charge on any atom is 0.407 e. The van der Waals surface area contributed by atoms with Crippen LogP contribution in [0.3, 0.4) is 0 Å². The van der Waals surface area contributed by atoms with E-state index in [1.165, 1.54) is 4.90 Å². The summed E-state index contributed by atoms with van der Waals surface area (Å²) in [6.45, 7) is 2.28. The summed E-state index contributed by atoms with van der Waals surface area (Å²) in [4.78, 5) is 18.6. The molecular formula is C11H14BrN3O3. The molecular weight excluding hydrogens is 302 g/mol. The van der Waals surface area contributed by atoms with Crippen LogP contribution in [0.4, 0.5) is 10.6 Å². The number of anilines is 1. The number of ether oxygens (including phenoxy) is 1. The number of piperazine rings is 1. The number of hydrogen-bond donors (Lipinski definition) is 1. The van der Waals surface area contributed by atoms with Gasteiger partial charge in [0.2, 0.25) is 0 Å². The molecule has 2 heterocycles. The lowest BCUT2D eigenvalue weighted by molar-refractivity contribution is 0.142. The van der Waals surface area contributed by atoms with Crippen molar-refractivity contribution in [1.82, 2.24) is 9.88 Å². The Morgan fingerprint density at radius 2 is 2.11 bits per heavy atom. The molecule has 7 heteroatoms. The second kappa shape index (κ2) is 5.43. The van der Waals surface area contributed by atoms with Crippen LogP contribution in [-0.4, -0.2) is 54.4 Å². The van der Waals surface area contributed by atoms with Crippen LogP contribution in [-0.2, 0) is 0 Å². The Bertz CT molecular complexity index is 447. The number of carbonyl (C=O) groups is 1. The Kier molecular flexibility index (Phi) is 3.90. The summed E-state index contributed by atoms with van der Waals surface area (Å²) in [5, 5.41) is 8.88. The Hall–Kier alpha value is -1.50. The van der Waals surface area contributed by atoms with Crippen molar-refractivity contribution in [2.75, 3.05) is 38.2 Å². The van der Waals surface area contributed by atoms with Crippen LogP contribution < -0.4 is 9.64 Å². The molecule has 0 radical (unpaired) electrons. The van der Waals surface area contributed by atoms with E-state index in [0.717, 1.165) is 16.0 Å². The minimum atomic E-state index is -0.865. The van der Waals surface area contributed by atoms with E-state index < -0.39 is 6.09 Å². The fourth-order valence-electron chi connectivity index (χ4n) is 1.87. The van der Waals surface area contributed by atoms with E-state index in [1.807, 2.05) is 6.07 Å². The molecule has 0 atom stereocenters. The van der Waals surface area contributed by atoms with E-state index in [-0.39, 0.29) is 0 Å². The Labute approximate surface area is 113 Å². The molecule has 1 aromatic heterocycles. The summed E-state index contributed by atoms with van der Waals surface area (Å²) >= 11 is 3.35. The summed E-state index contributed by atoms with van der Waals surface area (Å²) in [6.07, 6.45) is 0.827. The Balaban J connectivity index is 2.07. The molecule has 0 bridgehead atoms. The van der Waals surface area contributed by atoms with Crippen LogP contribution in [0.2, 0.25) is 0 Å². The predicted molar refractivity (Wildman–Crippen MR) is 70.3 cm³/mol. The van der Waals surface area contributed by atoms with Gasteiger partial charge >= 0.3 is 6.09 Å². The lowest BCUT2D eigenvalue weighted by Gasteiger charge is -2.33. The molecule has 18 heavy (non-hydrogen) atoms. The fourth-order valence-corrected chi connectivity index (χ4v) is 2.24. The van der Waals surface area contributed by atoms with Crippen LogP contribution in [0.15, 0.2) is 16.7 Å². The minimum absolute atomic E-state index is 0.495. The smallest absolute Gasteiger partial charge is 0.407 e. The first kappa shape index (κ1) is 12.9. The summed E-state index contributed by atoms with van der Waals surface area (Å²) < 4.78 is 6.02.